The van der Waals surface area contributed by atoms with Gasteiger partial charge < -0.3 is 5.32 Å². The van der Waals surface area contributed by atoms with Crippen LogP contribution in [0.4, 0.5) is 5.82 Å². The first-order valence-corrected chi connectivity index (χ1v) is 7.46. The molecule has 2 rings (SSSR count). The Labute approximate surface area is 119 Å². The fourth-order valence-corrected chi connectivity index (χ4v) is 2.72. The van der Waals surface area contributed by atoms with Crippen molar-refractivity contribution in [3.8, 4) is 0 Å². The van der Waals surface area contributed by atoms with Crippen LogP contribution >= 0.6 is 11.8 Å². The Morgan fingerprint density at radius 1 is 1.16 bits per heavy atom. The predicted octanol–water partition coefficient (Wildman–Crippen LogP) is 4.67. The van der Waals surface area contributed by atoms with Crippen molar-refractivity contribution >= 4 is 17.6 Å². The van der Waals surface area contributed by atoms with Gasteiger partial charge in [-0.3, -0.25) is 0 Å². The van der Waals surface area contributed by atoms with Crippen molar-refractivity contribution in [2.24, 2.45) is 0 Å². The van der Waals surface area contributed by atoms with Crippen LogP contribution in [0.3, 0.4) is 0 Å². The number of benzene rings is 1. The zero-order valence-electron chi connectivity index (χ0n) is 11.7. The Bertz CT molecular complexity index is 552. The number of nitrogens with zero attached hydrogens (tertiary/aromatic N) is 1. The molecule has 0 aliphatic carbocycles. The average molecular weight is 272 g/mol. The first kappa shape index (κ1) is 13.9. The highest BCUT2D eigenvalue weighted by molar-refractivity contribution is 7.99. The molecule has 0 aliphatic heterocycles. The lowest BCUT2D eigenvalue weighted by atomic mass is 10.2. The average Bonchev–Trinajstić information content (AvgIpc) is 2.40. The summed E-state index contributed by atoms with van der Waals surface area (Å²) >= 11 is 1.72. The minimum Gasteiger partial charge on any atom is -0.370 e. The molecule has 1 aromatic carbocycles. The van der Waals surface area contributed by atoms with Gasteiger partial charge in [0, 0.05) is 11.4 Å². The van der Waals surface area contributed by atoms with Crippen LogP contribution in [0.5, 0.6) is 0 Å². The summed E-state index contributed by atoms with van der Waals surface area (Å²) in [6.45, 7) is 7.38. The molecule has 1 aromatic heterocycles. The second-order valence-electron chi connectivity index (χ2n) is 4.66. The molecule has 0 saturated heterocycles. The van der Waals surface area contributed by atoms with Crippen molar-refractivity contribution in [2.75, 3.05) is 11.9 Å². The Morgan fingerprint density at radius 2 is 2.00 bits per heavy atom. The van der Waals surface area contributed by atoms with E-state index < -0.39 is 0 Å². The zero-order valence-corrected chi connectivity index (χ0v) is 12.6. The molecule has 1 N–H and O–H groups in total. The van der Waals surface area contributed by atoms with Gasteiger partial charge in [0.15, 0.2) is 0 Å². The largest absolute Gasteiger partial charge is 0.370 e. The monoisotopic (exact) mass is 272 g/mol. The second kappa shape index (κ2) is 6.62. The van der Waals surface area contributed by atoms with Gasteiger partial charge in [-0.05, 0) is 44.0 Å². The quantitative estimate of drug-likeness (QED) is 0.856. The van der Waals surface area contributed by atoms with Crippen molar-refractivity contribution in [3.05, 3.63) is 47.5 Å². The van der Waals surface area contributed by atoms with Gasteiger partial charge in [0.05, 0.1) is 0 Å². The molecule has 0 unspecified atom stereocenters. The summed E-state index contributed by atoms with van der Waals surface area (Å²) in [5, 5.41) is 4.36. The fraction of sp³-hybridized carbons (Fsp3) is 0.312. The van der Waals surface area contributed by atoms with Gasteiger partial charge >= 0.3 is 0 Å². The Morgan fingerprint density at radius 3 is 2.74 bits per heavy atom. The molecule has 0 atom stereocenters. The first-order valence-electron chi connectivity index (χ1n) is 6.65. The van der Waals surface area contributed by atoms with Gasteiger partial charge in [-0.2, -0.15) is 0 Å². The topological polar surface area (TPSA) is 24.9 Å². The van der Waals surface area contributed by atoms with Crippen molar-refractivity contribution in [3.63, 3.8) is 0 Å². The number of aryl methyl sites for hydroxylation is 2. The van der Waals surface area contributed by atoms with E-state index in [-0.39, 0.29) is 0 Å². The second-order valence-corrected chi connectivity index (χ2v) is 5.72. The number of nitrogens with one attached hydrogen (secondary N) is 1. The van der Waals surface area contributed by atoms with Crippen LogP contribution in [-0.4, -0.2) is 11.5 Å². The lowest BCUT2D eigenvalue weighted by Gasteiger charge is -2.08. The van der Waals surface area contributed by atoms with E-state index in [0.717, 1.165) is 23.8 Å². The van der Waals surface area contributed by atoms with Crippen LogP contribution in [0.2, 0.25) is 0 Å². The van der Waals surface area contributed by atoms with Crippen molar-refractivity contribution in [1.82, 2.24) is 4.98 Å². The maximum Gasteiger partial charge on any atom is 0.127 e. The fourth-order valence-electron chi connectivity index (χ4n) is 1.85. The normalized spacial score (nSPS) is 10.5. The molecular formula is C16H20N2S. The third-order valence-electron chi connectivity index (χ3n) is 2.82. The van der Waals surface area contributed by atoms with Crippen molar-refractivity contribution < 1.29 is 0 Å². The Balaban J connectivity index is 2.14. The molecule has 0 radical (unpaired) electrons. The lowest BCUT2D eigenvalue weighted by Crippen LogP contribution is -2.01. The van der Waals surface area contributed by atoms with Crippen molar-refractivity contribution in [1.29, 1.82) is 0 Å². The number of hydrogen-bond acceptors (Lipinski definition) is 3. The molecule has 1 heterocycles. The highest BCUT2D eigenvalue weighted by Gasteiger charge is 2.03. The Kier molecular flexibility index (Phi) is 4.86. The molecule has 100 valence electrons. The molecule has 0 saturated carbocycles. The summed E-state index contributed by atoms with van der Waals surface area (Å²) < 4.78 is 0. The van der Waals surface area contributed by atoms with E-state index in [1.807, 2.05) is 6.07 Å². The summed E-state index contributed by atoms with van der Waals surface area (Å²) in [7, 11) is 0. The molecule has 2 nitrogen and oxygen atoms in total. The molecule has 0 fully saturated rings. The van der Waals surface area contributed by atoms with Crippen LogP contribution in [-0.2, 0) is 0 Å². The maximum absolute atomic E-state index is 4.62. The third kappa shape index (κ3) is 4.00. The minimum atomic E-state index is 0.955. The van der Waals surface area contributed by atoms with Crippen LogP contribution in [0.1, 0.15) is 24.5 Å². The van der Waals surface area contributed by atoms with Gasteiger partial charge in [0.1, 0.15) is 10.8 Å². The number of hydrogen-bond donors (Lipinski definition) is 1. The predicted molar refractivity (Wildman–Crippen MR) is 83.1 cm³/mol. The van der Waals surface area contributed by atoms with Gasteiger partial charge in [0.2, 0.25) is 0 Å². The highest BCUT2D eigenvalue weighted by Crippen LogP contribution is 2.29. The van der Waals surface area contributed by atoms with E-state index in [9.17, 15) is 0 Å². The summed E-state index contributed by atoms with van der Waals surface area (Å²) in [5.41, 5.74) is 2.60. The molecule has 0 spiro atoms. The first-order chi connectivity index (χ1) is 9.19. The van der Waals surface area contributed by atoms with E-state index in [1.54, 1.807) is 11.8 Å². The molecule has 0 aliphatic rings. The minimum absolute atomic E-state index is 0.955. The summed E-state index contributed by atoms with van der Waals surface area (Å²) in [6.07, 6.45) is 1.11. The van der Waals surface area contributed by atoms with E-state index >= 15 is 0 Å². The number of pyridine rings is 1. The smallest absolute Gasteiger partial charge is 0.127 e. The maximum atomic E-state index is 4.62. The lowest BCUT2D eigenvalue weighted by molar-refractivity contribution is 0.959. The van der Waals surface area contributed by atoms with E-state index in [2.05, 4.69) is 61.4 Å². The number of rotatable bonds is 5. The number of aromatic nitrogens is 1. The van der Waals surface area contributed by atoms with Crippen LogP contribution in [0, 0.1) is 13.8 Å². The summed E-state index contributed by atoms with van der Waals surface area (Å²) in [4.78, 5) is 5.89. The van der Waals surface area contributed by atoms with Gasteiger partial charge in [-0.15, -0.1) is 0 Å². The highest BCUT2D eigenvalue weighted by atomic mass is 32.2. The SMILES string of the molecule is CCCNc1cccc(Sc2ccc(C)cc2C)n1. The van der Waals surface area contributed by atoms with Gasteiger partial charge in [-0.25, -0.2) is 4.98 Å². The number of anilines is 1. The van der Waals surface area contributed by atoms with Crippen molar-refractivity contribution in [2.45, 2.75) is 37.1 Å². The third-order valence-corrected chi connectivity index (χ3v) is 3.94. The van der Waals surface area contributed by atoms with Gasteiger partial charge in [-0.1, -0.05) is 42.4 Å². The summed E-state index contributed by atoms with van der Waals surface area (Å²) in [6, 6.07) is 12.7. The Hall–Kier alpha value is -1.48. The van der Waals surface area contributed by atoms with E-state index in [1.165, 1.54) is 16.0 Å². The molecule has 0 bridgehead atoms. The molecule has 2 aromatic rings. The van der Waals surface area contributed by atoms with Crippen LogP contribution in [0.15, 0.2) is 46.3 Å². The van der Waals surface area contributed by atoms with Crippen LogP contribution < -0.4 is 5.32 Å². The standard InChI is InChI=1S/C16H20N2S/c1-4-10-17-15-6-5-7-16(18-15)19-14-9-8-12(2)11-13(14)3/h5-9,11H,4,10H2,1-3H3,(H,17,18). The van der Waals surface area contributed by atoms with E-state index in [0.29, 0.717) is 0 Å². The molecule has 3 heteroatoms. The van der Waals surface area contributed by atoms with E-state index in [4.69, 9.17) is 0 Å². The van der Waals surface area contributed by atoms with Crippen LogP contribution in [0.25, 0.3) is 0 Å². The van der Waals surface area contributed by atoms with Gasteiger partial charge in [0.25, 0.3) is 0 Å². The summed E-state index contributed by atoms with van der Waals surface area (Å²) in [5.74, 6) is 0.955. The zero-order chi connectivity index (χ0) is 13.7. The molecule has 0 amide bonds. The molecule has 19 heavy (non-hydrogen) atoms. The molecular weight excluding hydrogens is 252 g/mol.